The largest absolute Gasteiger partial charge is 0.483 e. The summed E-state index contributed by atoms with van der Waals surface area (Å²) in [6.07, 6.45) is 0.792. The number of amides is 2. The number of halogens is 1. The average Bonchev–Trinajstić information content (AvgIpc) is 2.86. The predicted octanol–water partition coefficient (Wildman–Crippen LogP) is 1.56. The van der Waals surface area contributed by atoms with E-state index in [0.29, 0.717) is 18.8 Å². The van der Waals surface area contributed by atoms with Gasteiger partial charge in [-0.2, -0.15) is 0 Å². The van der Waals surface area contributed by atoms with Gasteiger partial charge in [0.1, 0.15) is 5.75 Å². The second-order valence-corrected chi connectivity index (χ2v) is 5.59. The zero-order valence-electron chi connectivity index (χ0n) is 11.3. The van der Waals surface area contributed by atoms with Crippen LogP contribution in [0.4, 0.5) is 0 Å². The van der Waals surface area contributed by atoms with Gasteiger partial charge in [-0.05, 0) is 34.5 Å². The van der Waals surface area contributed by atoms with Crippen molar-refractivity contribution >= 4 is 27.7 Å². The molecule has 2 amide bonds. The van der Waals surface area contributed by atoms with E-state index in [1.54, 1.807) is 17.9 Å². The van der Waals surface area contributed by atoms with Gasteiger partial charge in [0.2, 0.25) is 5.91 Å². The molecule has 1 aromatic carbocycles. The molecule has 0 bridgehead atoms. The number of rotatable bonds is 4. The second kappa shape index (κ2) is 6.74. The number of carbonyl (C=O) groups is 2. The minimum Gasteiger partial charge on any atom is -0.483 e. The van der Waals surface area contributed by atoms with Crippen LogP contribution in [0.25, 0.3) is 0 Å². The molecule has 0 saturated carbocycles. The molecule has 1 aromatic rings. The number of hydrogen-bond donors (Lipinski definition) is 1. The van der Waals surface area contributed by atoms with E-state index in [4.69, 9.17) is 4.74 Å². The Morgan fingerprint density at radius 3 is 2.85 bits per heavy atom. The summed E-state index contributed by atoms with van der Waals surface area (Å²) >= 11 is 3.36. The molecule has 5 nitrogen and oxygen atoms in total. The van der Waals surface area contributed by atoms with Crippen LogP contribution in [0.1, 0.15) is 13.3 Å². The zero-order valence-corrected chi connectivity index (χ0v) is 12.9. The second-order valence-electron chi connectivity index (χ2n) is 4.74. The molecule has 2 rings (SSSR count). The number of likely N-dealkylation sites (tertiary alicyclic amines) is 1. The third kappa shape index (κ3) is 3.96. The van der Waals surface area contributed by atoms with Crippen molar-refractivity contribution in [1.82, 2.24) is 10.2 Å². The van der Waals surface area contributed by atoms with E-state index in [0.717, 1.165) is 10.9 Å². The lowest BCUT2D eigenvalue weighted by Crippen LogP contribution is -2.40. The SMILES string of the molecule is CC(=O)N1CC[C@H](NC(=O)COc2ccccc2Br)C1. The van der Waals surface area contributed by atoms with Crippen molar-refractivity contribution in [3.63, 3.8) is 0 Å². The normalized spacial score (nSPS) is 17.9. The van der Waals surface area contributed by atoms with Gasteiger partial charge in [0.25, 0.3) is 5.91 Å². The minimum atomic E-state index is -0.170. The van der Waals surface area contributed by atoms with Gasteiger partial charge in [0, 0.05) is 26.1 Å². The molecule has 0 aromatic heterocycles. The van der Waals surface area contributed by atoms with Crippen molar-refractivity contribution < 1.29 is 14.3 Å². The predicted molar refractivity (Wildman–Crippen MR) is 78.4 cm³/mol. The Balaban J connectivity index is 1.77. The van der Waals surface area contributed by atoms with Crippen LogP contribution in [0, 0.1) is 0 Å². The van der Waals surface area contributed by atoms with Crippen molar-refractivity contribution in [2.75, 3.05) is 19.7 Å². The highest BCUT2D eigenvalue weighted by molar-refractivity contribution is 9.10. The summed E-state index contributed by atoms with van der Waals surface area (Å²) in [5.41, 5.74) is 0. The molecule has 1 aliphatic heterocycles. The lowest BCUT2D eigenvalue weighted by Gasteiger charge is -2.15. The van der Waals surface area contributed by atoms with Gasteiger partial charge >= 0.3 is 0 Å². The smallest absolute Gasteiger partial charge is 0.258 e. The van der Waals surface area contributed by atoms with Crippen molar-refractivity contribution in [3.05, 3.63) is 28.7 Å². The third-order valence-electron chi connectivity index (χ3n) is 3.19. The summed E-state index contributed by atoms with van der Waals surface area (Å²) in [4.78, 5) is 24.7. The molecule has 0 aliphatic carbocycles. The van der Waals surface area contributed by atoms with Gasteiger partial charge in [-0.1, -0.05) is 12.1 Å². The van der Waals surface area contributed by atoms with Crippen LogP contribution in [0.5, 0.6) is 5.75 Å². The number of ether oxygens (including phenoxy) is 1. The molecule has 1 atom stereocenters. The van der Waals surface area contributed by atoms with E-state index in [1.165, 1.54) is 0 Å². The first-order chi connectivity index (χ1) is 9.56. The van der Waals surface area contributed by atoms with Crippen LogP contribution in [0.3, 0.4) is 0 Å². The molecule has 0 radical (unpaired) electrons. The average molecular weight is 341 g/mol. The van der Waals surface area contributed by atoms with Crippen LogP contribution in [0.15, 0.2) is 28.7 Å². The summed E-state index contributed by atoms with van der Waals surface area (Å²) < 4.78 is 6.26. The molecule has 1 N–H and O–H groups in total. The molecule has 20 heavy (non-hydrogen) atoms. The molecule has 1 heterocycles. The summed E-state index contributed by atoms with van der Waals surface area (Å²) in [5, 5.41) is 2.88. The van der Waals surface area contributed by atoms with Gasteiger partial charge in [0.15, 0.2) is 6.61 Å². The monoisotopic (exact) mass is 340 g/mol. The molecule has 1 saturated heterocycles. The Hall–Kier alpha value is -1.56. The first-order valence-electron chi connectivity index (χ1n) is 6.48. The summed E-state index contributed by atoms with van der Waals surface area (Å²) in [7, 11) is 0. The maximum absolute atomic E-state index is 11.8. The number of nitrogens with zero attached hydrogens (tertiary/aromatic N) is 1. The number of para-hydroxylation sites is 1. The van der Waals surface area contributed by atoms with Gasteiger partial charge in [-0.15, -0.1) is 0 Å². The van der Waals surface area contributed by atoms with E-state index in [9.17, 15) is 9.59 Å². The van der Waals surface area contributed by atoms with Crippen LogP contribution in [-0.4, -0.2) is 42.5 Å². The Labute approximate surface area is 126 Å². The zero-order chi connectivity index (χ0) is 14.5. The van der Waals surface area contributed by atoms with Crippen LogP contribution in [-0.2, 0) is 9.59 Å². The number of hydrogen-bond acceptors (Lipinski definition) is 3. The van der Waals surface area contributed by atoms with Crippen LogP contribution < -0.4 is 10.1 Å². The molecule has 1 fully saturated rings. The van der Waals surface area contributed by atoms with E-state index in [-0.39, 0.29) is 24.5 Å². The summed E-state index contributed by atoms with van der Waals surface area (Å²) in [5.74, 6) is 0.516. The van der Waals surface area contributed by atoms with E-state index in [1.807, 2.05) is 18.2 Å². The fourth-order valence-corrected chi connectivity index (χ4v) is 2.54. The van der Waals surface area contributed by atoms with Crippen LogP contribution >= 0.6 is 15.9 Å². The quantitative estimate of drug-likeness (QED) is 0.904. The summed E-state index contributed by atoms with van der Waals surface area (Å²) in [6.45, 7) is 2.79. The highest BCUT2D eigenvalue weighted by Gasteiger charge is 2.25. The van der Waals surface area contributed by atoms with Gasteiger partial charge in [-0.3, -0.25) is 9.59 Å². The van der Waals surface area contributed by atoms with Gasteiger partial charge < -0.3 is 15.0 Å². The summed E-state index contributed by atoms with van der Waals surface area (Å²) in [6, 6.07) is 7.40. The fourth-order valence-electron chi connectivity index (χ4n) is 2.14. The van der Waals surface area contributed by atoms with Gasteiger partial charge in [-0.25, -0.2) is 0 Å². The highest BCUT2D eigenvalue weighted by atomic mass is 79.9. The molecule has 0 spiro atoms. The third-order valence-corrected chi connectivity index (χ3v) is 3.85. The topological polar surface area (TPSA) is 58.6 Å². The van der Waals surface area contributed by atoms with E-state index in [2.05, 4.69) is 21.2 Å². The highest BCUT2D eigenvalue weighted by Crippen LogP contribution is 2.23. The van der Waals surface area contributed by atoms with Crippen molar-refractivity contribution in [3.8, 4) is 5.75 Å². The Bertz CT molecular complexity index is 507. The minimum absolute atomic E-state index is 0.0224. The van der Waals surface area contributed by atoms with Crippen molar-refractivity contribution in [2.24, 2.45) is 0 Å². The molecule has 108 valence electrons. The van der Waals surface area contributed by atoms with Crippen molar-refractivity contribution in [2.45, 2.75) is 19.4 Å². The van der Waals surface area contributed by atoms with E-state index < -0.39 is 0 Å². The molecular weight excluding hydrogens is 324 g/mol. The molecule has 0 unspecified atom stereocenters. The van der Waals surface area contributed by atoms with Crippen LogP contribution in [0.2, 0.25) is 0 Å². The standard InChI is InChI=1S/C14H17BrN2O3/c1-10(18)17-7-6-11(8-17)16-14(19)9-20-13-5-3-2-4-12(13)15/h2-5,11H,6-9H2,1H3,(H,16,19)/t11-/m0/s1. The fraction of sp³-hybridized carbons (Fsp3) is 0.429. The van der Waals surface area contributed by atoms with Crippen molar-refractivity contribution in [1.29, 1.82) is 0 Å². The Morgan fingerprint density at radius 1 is 1.45 bits per heavy atom. The van der Waals surface area contributed by atoms with Gasteiger partial charge in [0.05, 0.1) is 4.47 Å². The number of benzene rings is 1. The lowest BCUT2D eigenvalue weighted by atomic mass is 10.2. The molecule has 6 heteroatoms. The maximum atomic E-state index is 11.8. The first kappa shape index (κ1) is 14.8. The lowest BCUT2D eigenvalue weighted by molar-refractivity contribution is -0.128. The first-order valence-corrected chi connectivity index (χ1v) is 7.28. The van der Waals surface area contributed by atoms with E-state index >= 15 is 0 Å². The molecular formula is C14H17BrN2O3. The maximum Gasteiger partial charge on any atom is 0.258 e. The Morgan fingerprint density at radius 2 is 2.20 bits per heavy atom. The number of carbonyl (C=O) groups excluding carboxylic acids is 2. The number of nitrogens with one attached hydrogen (secondary N) is 1. The Kier molecular flexibility index (Phi) is 5.00. The molecule has 1 aliphatic rings.